The maximum Gasteiger partial charge on any atom is 0.214 e. The van der Waals surface area contributed by atoms with E-state index < -0.39 is 0 Å². The summed E-state index contributed by atoms with van der Waals surface area (Å²) < 4.78 is 8.02. The molecule has 0 fully saturated rings. The minimum atomic E-state index is 0.677. The molecule has 0 aliphatic carbocycles. The third-order valence-corrected chi connectivity index (χ3v) is 4.54. The van der Waals surface area contributed by atoms with Crippen LogP contribution in [0, 0.1) is 25.2 Å². The summed E-state index contributed by atoms with van der Waals surface area (Å²) in [6.45, 7) is 4.10. The first kappa shape index (κ1) is 14.5. The average Bonchev–Trinajstić information content (AvgIpc) is 2.94. The number of pyridine rings is 1. The van der Waals surface area contributed by atoms with Crippen molar-refractivity contribution in [1.82, 2.24) is 0 Å². The standard InChI is InChI=1S/C21H17N2O/c1-13-8-9-23(3)17(10-13)20-14(2)11-19-21(16(20)12-22)15-6-4-5-7-18(15)24-19/h4-11H,1-3H3/q+1. The second-order valence-corrected chi connectivity index (χ2v) is 6.23. The minimum absolute atomic E-state index is 0.677. The van der Waals surface area contributed by atoms with Crippen LogP contribution in [0.15, 0.2) is 53.1 Å². The number of nitrogens with zero attached hydrogens (tertiary/aromatic N) is 2. The Morgan fingerprint density at radius 2 is 1.83 bits per heavy atom. The first-order valence-electron chi connectivity index (χ1n) is 7.91. The summed E-state index contributed by atoms with van der Waals surface area (Å²) in [5.74, 6) is 0. The topological polar surface area (TPSA) is 40.8 Å². The normalized spacial score (nSPS) is 11.1. The molecule has 24 heavy (non-hydrogen) atoms. The van der Waals surface area contributed by atoms with Gasteiger partial charge in [-0.05, 0) is 37.1 Å². The van der Waals surface area contributed by atoms with E-state index in [0.717, 1.165) is 38.8 Å². The molecule has 3 nitrogen and oxygen atoms in total. The van der Waals surface area contributed by atoms with Crippen molar-refractivity contribution in [2.24, 2.45) is 7.05 Å². The van der Waals surface area contributed by atoms with Crippen LogP contribution >= 0.6 is 0 Å². The molecule has 0 radical (unpaired) electrons. The third kappa shape index (κ3) is 2.00. The van der Waals surface area contributed by atoms with Crippen LogP contribution in [0.5, 0.6) is 0 Å². The zero-order valence-electron chi connectivity index (χ0n) is 13.9. The van der Waals surface area contributed by atoms with Gasteiger partial charge in [0.1, 0.15) is 24.3 Å². The van der Waals surface area contributed by atoms with Gasteiger partial charge in [-0.3, -0.25) is 0 Å². The fraction of sp³-hybridized carbons (Fsp3) is 0.143. The van der Waals surface area contributed by atoms with Crippen LogP contribution in [0.25, 0.3) is 33.2 Å². The number of benzene rings is 2. The average molecular weight is 313 g/mol. The molecule has 0 aliphatic heterocycles. The highest BCUT2D eigenvalue weighted by Crippen LogP contribution is 2.37. The fourth-order valence-electron chi connectivity index (χ4n) is 3.38. The summed E-state index contributed by atoms with van der Waals surface area (Å²) in [6, 6.07) is 16.5. The van der Waals surface area contributed by atoms with Crippen LogP contribution in [0.3, 0.4) is 0 Å². The minimum Gasteiger partial charge on any atom is -0.456 e. The molecule has 0 N–H and O–H groups in total. The molecule has 2 aromatic carbocycles. The molecule has 4 rings (SSSR count). The van der Waals surface area contributed by atoms with Gasteiger partial charge in [0.05, 0.1) is 11.1 Å². The van der Waals surface area contributed by atoms with Crippen LogP contribution in [-0.2, 0) is 7.05 Å². The number of hydrogen-bond acceptors (Lipinski definition) is 2. The molecule has 116 valence electrons. The second-order valence-electron chi connectivity index (χ2n) is 6.23. The quantitative estimate of drug-likeness (QED) is 0.483. The van der Waals surface area contributed by atoms with Gasteiger partial charge in [-0.2, -0.15) is 5.26 Å². The summed E-state index contributed by atoms with van der Waals surface area (Å²) in [5, 5.41) is 11.8. The molecule has 0 unspecified atom stereocenters. The van der Waals surface area contributed by atoms with Crippen LogP contribution in [-0.4, -0.2) is 0 Å². The Bertz CT molecular complexity index is 1150. The van der Waals surface area contributed by atoms with E-state index in [1.807, 2.05) is 50.5 Å². The van der Waals surface area contributed by atoms with Crippen molar-refractivity contribution < 1.29 is 8.98 Å². The highest BCUT2D eigenvalue weighted by Gasteiger charge is 2.22. The fourth-order valence-corrected chi connectivity index (χ4v) is 3.38. The highest BCUT2D eigenvalue weighted by molar-refractivity contribution is 6.10. The predicted octanol–water partition coefficient (Wildman–Crippen LogP) is 4.57. The second kappa shape index (κ2) is 5.21. The number of rotatable bonds is 1. The van der Waals surface area contributed by atoms with Gasteiger partial charge < -0.3 is 4.42 Å². The summed E-state index contributed by atoms with van der Waals surface area (Å²) in [5.41, 5.74) is 6.48. The molecular formula is C21H17N2O+. The van der Waals surface area contributed by atoms with Crippen LogP contribution in [0.2, 0.25) is 0 Å². The van der Waals surface area contributed by atoms with Gasteiger partial charge >= 0.3 is 0 Å². The third-order valence-electron chi connectivity index (χ3n) is 4.54. The zero-order chi connectivity index (χ0) is 16.8. The van der Waals surface area contributed by atoms with E-state index in [-0.39, 0.29) is 0 Å². The molecule has 0 atom stereocenters. The summed E-state index contributed by atoms with van der Waals surface area (Å²) in [6.07, 6.45) is 2.03. The van der Waals surface area contributed by atoms with Gasteiger partial charge in [0.15, 0.2) is 6.20 Å². The van der Waals surface area contributed by atoms with E-state index >= 15 is 0 Å². The van der Waals surface area contributed by atoms with Crippen molar-refractivity contribution >= 4 is 21.9 Å². The molecule has 2 aromatic heterocycles. The lowest BCUT2D eigenvalue weighted by atomic mass is 9.94. The van der Waals surface area contributed by atoms with Crippen molar-refractivity contribution in [3.8, 4) is 17.3 Å². The Hall–Kier alpha value is -3.12. The predicted molar refractivity (Wildman–Crippen MR) is 94.5 cm³/mol. The van der Waals surface area contributed by atoms with Gasteiger partial charge in [0.25, 0.3) is 0 Å². The monoisotopic (exact) mass is 313 g/mol. The van der Waals surface area contributed by atoms with E-state index in [9.17, 15) is 5.26 Å². The molecule has 0 bridgehead atoms. The van der Waals surface area contributed by atoms with E-state index in [2.05, 4.69) is 29.7 Å². The van der Waals surface area contributed by atoms with Gasteiger partial charge in [-0.1, -0.05) is 18.2 Å². The molecular weight excluding hydrogens is 296 g/mol. The number of nitriles is 1. The molecule has 0 saturated carbocycles. The molecule has 0 amide bonds. The largest absolute Gasteiger partial charge is 0.456 e. The van der Waals surface area contributed by atoms with E-state index in [1.54, 1.807) is 0 Å². The Morgan fingerprint density at radius 1 is 1.04 bits per heavy atom. The van der Waals surface area contributed by atoms with Crippen molar-refractivity contribution in [2.75, 3.05) is 0 Å². The van der Waals surface area contributed by atoms with Gasteiger partial charge in [0, 0.05) is 22.9 Å². The first-order chi connectivity index (χ1) is 11.6. The smallest absolute Gasteiger partial charge is 0.214 e. The Labute approximate surface area is 140 Å². The lowest BCUT2D eigenvalue weighted by molar-refractivity contribution is -0.660. The van der Waals surface area contributed by atoms with Gasteiger partial charge in [-0.25, -0.2) is 4.57 Å². The molecule has 0 saturated heterocycles. The maximum atomic E-state index is 9.94. The van der Waals surface area contributed by atoms with Crippen molar-refractivity contribution in [3.63, 3.8) is 0 Å². The molecule has 0 aliphatic rings. The Kier molecular flexibility index (Phi) is 3.14. The Morgan fingerprint density at radius 3 is 2.62 bits per heavy atom. The number of fused-ring (bicyclic) bond motifs is 3. The number of para-hydroxylation sites is 1. The summed E-state index contributed by atoms with van der Waals surface area (Å²) in [4.78, 5) is 0. The number of furan rings is 1. The maximum absolute atomic E-state index is 9.94. The van der Waals surface area contributed by atoms with E-state index in [4.69, 9.17) is 4.42 Å². The number of aryl methyl sites for hydroxylation is 3. The van der Waals surface area contributed by atoms with E-state index in [0.29, 0.717) is 5.56 Å². The summed E-state index contributed by atoms with van der Waals surface area (Å²) in [7, 11) is 2.01. The van der Waals surface area contributed by atoms with Crippen molar-refractivity contribution in [1.29, 1.82) is 5.26 Å². The lowest BCUT2D eigenvalue weighted by Crippen LogP contribution is -2.30. The van der Waals surface area contributed by atoms with Crippen molar-refractivity contribution in [3.05, 3.63) is 65.4 Å². The molecule has 3 heteroatoms. The zero-order valence-corrected chi connectivity index (χ0v) is 13.9. The van der Waals surface area contributed by atoms with E-state index in [1.165, 1.54) is 5.56 Å². The van der Waals surface area contributed by atoms with Crippen LogP contribution < -0.4 is 4.57 Å². The Balaban J connectivity index is 2.20. The molecule has 2 heterocycles. The van der Waals surface area contributed by atoms with Gasteiger partial charge in [0.2, 0.25) is 5.69 Å². The molecule has 0 spiro atoms. The summed E-state index contributed by atoms with van der Waals surface area (Å²) >= 11 is 0. The van der Waals surface area contributed by atoms with Crippen LogP contribution in [0.4, 0.5) is 0 Å². The van der Waals surface area contributed by atoms with Crippen molar-refractivity contribution in [2.45, 2.75) is 13.8 Å². The van der Waals surface area contributed by atoms with Crippen LogP contribution in [0.1, 0.15) is 16.7 Å². The number of aromatic nitrogens is 1. The SMILES string of the molecule is Cc1cc[n+](C)c(-c2c(C)cc3oc4ccccc4c3c2C#N)c1. The lowest BCUT2D eigenvalue weighted by Gasteiger charge is -2.08. The first-order valence-corrected chi connectivity index (χ1v) is 7.91. The van der Waals surface area contributed by atoms with Gasteiger partial charge in [-0.15, -0.1) is 0 Å². The molecule has 4 aromatic rings. The highest BCUT2D eigenvalue weighted by atomic mass is 16.3. The number of hydrogen-bond donors (Lipinski definition) is 0.